The fourth-order valence-electron chi connectivity index (χ4n) is 2.05. The third-order valence-electron chi connectivity index (χ3n) is 2.76. The Hall–Kier alpha value is -0.790. The number of rotatable bonds is 0. The van der Waals surface area contributed by atoms with Crippen LogP contribution in [0.15, 0.2) is 11.6 Å². The van der Waals surface area contributed by atoms with E-state index in [1.165, 1.54) is 12.8 Å². The summed E-state index contributed by atoms with van der Waals surface area (Å²) < 4.78 is 5.29. The van der Waals surface area contributed by atoms with E-state index in [1.54, 1.807) is 6.08 Å². The summed E-state index contributed by atoms with van der Waals surface area (Å²) in [5.41, 5.74) is 0.955. The molecule has 0 aromatic rings. The zero-order chi connectivity index (χ0) is 7.90. The Morgan fingerprint density at radius 2 is 2.09 bits per heavy atom. The van der Waals surface area contributed by atoms with Gasteiger partial charge in [0.1, 0.15) is 5.60 Å². The van der Waals surface area contributed by atoms with Crippen LogP contribution in [0.25, 0.3) is 0 Å². The molecule has 0 N–H and O–H groups in total. The van der Waals surface area contributed by atoms with Crippen LogP contribution >= 0.6 is 0 Å². The van der Waals surface area contributed by atoms with Gasteiger partial charge in [0.25, 0.3) is 0 Å². The Bertz CT molecular complexity index is 222. The second-order valence-corrected chi connectivity index (χ2v) is 3.45. The smallest absolute Gasteiger partial charge is 0.331 e. The average Bonchev–Trinajstić information content (AvgIpc) is 2.45. The lowest BCUT2D eigenvalue weighted by atomic mass is 9.95. The van der Waals surface area contributed by atoms with Crippen LogP contribution in [0.1, 0.15) is 32.6 Å². The van der Waals surface area contributed by atoms with Crippen LogP contribution in [0, 0.1) is 0 Å². The highest BCUT2D eigenvalue weighted by Crippen LogP contribution is 2.42. The minimum atomic E-state index is -0.170. The van der Waals surface area contributed by atoms with E-state index < -0.39 is 0 Å². The van der Waals surface area contributed by atoms with Crippen molar-refractivity contribution in [1.82, 2.24) is 0 Å². The van der Waals surface area contributed by atoms with Crippen molar-refractivity contribution in [2.24, 2.45) is 0 Å². The van der Waals surface area contributed by atoms with E-state index in [9.17, 15) is 4.79 Å². The number of hydrogen-bond acceptors (Lipinski definition) is 2. The molecule has 1 aliphatic heterocycles. The molecule has 0 aromatic carbocycles. The SMILES string of the molecule is CC1=CC(=O)OC12CCCC2. The van der Waals surface area contributed by atoms with Crippen LogP contribution in [-0.2, 0) is 9.53 Å². The maximum Gasteiger partial charge on any atom is 0.331 e. The van der Waals surface area contributed by atoms with Gasteiger partial charge in [-0.2, -0.15) is 0 Å². The lowest BCUT2D eigenvalue weighted by Gasteiger charge is -2.23. The van der Waals surface area contributed by atoms with Gasteiger partial charge in [-0.1, -0.05) is 0 Å². The molecule has 0 atom stereocenters. The van der Waals surface area contributed by atoms with E-state index in [0.29, 0.717) is 0 Å². The van der Waals surface area contributed by atoms with E-state index >= 15 is 0 Å². The van der Waals surface area contributed by atoms with E-state index in [2.05, 4.69) is 0 Å². The maximum atomic E-state index is 10.9. The molecule has 2 nitrogen and oxygen atoms in total. The van der Waals surface area contributed by atoms with E-state index in [-0.39, 0.29) is 11.6 Å². The summed E-state index contributed by atoms with van der Waals surface area (Å²) in [6.07, 6.45) is 6.07. The van der Waals surface area contributed by atoms with E-state index in [0.717, 1.165) is 18.4 Å². The molecule has 11 heavy (non-hydrogen) atoms. The molecule has 0 bridgehead atoms. The highest BCUT2D eigenvalue weighted by Gasteiger charge is 2.42. The van der Waals surface area contributed by atoms with Gasteiger partial charge in [-0.15, -0.1) is 0 Å². The Labute approximate surface area is 66.2 Å². The fourth-order valence-corrected chi connectivity index (χ4v) is 2.05. The summed E-state index contributed by atoms with van der Waals surface area (Å²) >= 11 is 0. The van der Waals surface area contributed by atoms with Gasteiger partial charge in [0.15, 0.2) is 0 Å². The standard InChI is InChI=1S/C9H12O2/c1-7-6-8(10)11-9(7)4-2-3-5-9/h6H,2-5H2,1H3. The van der Waals surface area contributed by atoms with Crippen LogP contribution in [0.4, 0.5) is 0 Å². The van der Waals surface area contributed by atoms with Crippen LogP contribution < -0.4 is 0 Å². The number of esters is 1. The molecule has 0 saturated heterocycles. The molecule has 60 valence electrons. The van der Waals surface area contributed by atoms with Crippen molar-refractivity contribution in [2.75, 3.05) is 0 Å². The van der Waals surface area contributed by atoms with E-state index in [4.69, 9.17) is 4.74 Å². The molecule has 0 amide bonds. The maximum absolute atomic E-state index is 10.9. The molecule has 1 heterocycles. The third kappa shape index (κ3) is 0.889. The predicted molar refractivity (Wildman–Crippen MR) is 41.0 cm³/mol. The first-order chi connectivity index (χ1) is 5.23. The van der Waals surface area contributed by atoms with Crippen LogP contribution in [0.5, 0.6) is 0 Å². The van der Waals surface area contributed by atoms with Gasteiger partial charge in [0, 0.05) is 6.08 Å². The van der Waals surface area contributed by atoms with Crippen molar-refractivity contribution in [3.05, 3.63) is 11.6 Å². The second-order valence-electron chi connectivity index (χ2n) is 3.45. The van der Waals surface area contributed by atoms with Crippen molar-refractivity contribution < 1.29 is 9.53 Å². The van der Waals surface area contributed by atoms with E-state index in [1.807, 2.05) is 6.92 Å². The third-order valence-corrected chi connectivity index (χ3v) is 2.76. The lowest BCUT2D eigenvalue weighted by Crippen LogP contribution is -2.26. The summed E-state index contributed by atoms with van der Waals surface area (Å²) in [6, 6.07) is 0. The highest BCUT2D eigenvalue weighted by molar-refractivity contribution is 5.86. The molecular formula is C9H12O2. The van der Waals surface area contributed by atoms with Gasteiger partial charge in [-0.25, -0.2) is 4.79 Å². The van der Waals surface area contributed by atoms with Crippen molar-refractivity contribution in [3.63, 3.8) is 0 Å². The minimum absolute atomic E-state index is 0.149. The normalized spacial score (nSPS) is 27.4. The molecule has 2 rings (SSSR count). The summed E-state index contributed by atoms with van der Waals surface area (Å²) in [5, 5.41) is 0. The van der Waals surface area contributed by atoms with Gasteiger partial charge >= 0.3 is 5.97 Å². The minimum Gasteiger partial charge on any atom is -0.451 e. The number of carbonyl (C=O) groups excluding carboxylic acids is 1. The first kappa shape index (κ1) is 6.89. The molecule has 0 aromatic heterocycles. The first-order valence-corrected chi connectivity index (χ1v) is 4.15. The Morgan fingerprint density at radius 3 is 2.55 bits per heavy atom. The molecule has 1 spiro atoms. The van der Waals surface area contributed by atoms with Crippen molar-refractivity contribution in [3.8, 4) is 0 Å². The summed E-state index contributed by atoms with van der Waals surface area (Å²) in [4.78, 5) is 10.9. The van der Waals surface area contributed by atoms with Gasteiger partial charge in [-0.05, 0) is 38.2 Å². The molecule has 0 radical (unpaired) electrons. The molecular weight excluding hydrogens is 140 g/mol. The molecule has 1 saturated carbocycles. The second kappa shape index (κ2) is 2.10. The van der Waals surface area contributed by atoms with Gasteiger partial charge in [0.2, 0.25) is 0 Å². The molecule has 1 fully saturated rings. The van der Waals surface area contributed by atoms with Gasteiger partial charge in [-0.3, -0.25) is 0 Å². The van der Waals surface area contributed by atoms with Crippen LogP contribution in [0.2, 0.25) is 0 Å². The largest absolute Gasteiger partial charge is 0.451 e. The topological polar surface area (TPSA) is 26.3 Å². The quantitative estimate of drug-likeness (QED) is 0.495. The number of ether oxygens (including phenoxy) is 1. The summed E-state index contributed by atoms with van der Waals surface area (Å²) in [6.45, 7) is 2.00. The average molecular weight is 152 g/mol. The highest BCUT2D eigenvalue weighted by atomic mass is 16.6. The summed E-state index contributed by atoms with van der Waals surface area (Å²) in [7, 11) is 0. The first-order valence-electron chi connectivity index (χ1n) is 4.15. The van der Waals surface area contributed by atoms with Crippen LogP contribution in [0.3, 0.4) is 0 Å². The molecule has 1 aliphatic carbocycles. The lowest BCUT2D eigenvalue weighted by molar-refractivity contribution is -0.145. The Kier molecular flexibility index (Phi) is 1.31. The zero-order valence-corrected chi connectivity index (χ0v) is 6.72. The Balaban J connectivity index is 2.28. The Morgan fingerprint density at radius 1 is 1.45 bits per heavy atom. The van der Waals surface area contributed by atoms with Gasteiger partial charge < -0.3 is 4.74 Å². The molecule has 2 heteroatoms. The van der Waals surface area contributed by atoms with Crippen molar-refractivity contribution in [2.45, 2.75) is 38.2 Å². The zero-order valence-electron chi connectivity index (χ0n) is 6.72. The van der Waals surface area contributed by atoms with Crippen molar-refractivity contribution in [1.29, 1.82) is 0 Å². The fraction of sp³-hybridized carbons (Fsp3) is 0.667. The monoisotopic (exact) mass is 152 g/mol. The van der Waals surface area contributed by atoms with Crippen LogP contribution in [-0.4, -0.2) is 11.6 Å². The van der Waals surface area contributed by atoms with Gasteiger partial charge in [0.05, 0.1) is 0 Å². The molecule has 2 aliphatic rings. The molecule has 0 unspecified atom stereocenters. The summed E-state index contributed by atoms with van der Waals surface area (Å²) in [5.74, 6) is -0.149. The van der Waals surface area contributed by atoms with Crippen molar-refractivity contribution >= 4 is 5.97 Å². The number of hydrogen-bond donors (Lipinski definition) is 0. The predicted octanol–water partition coefficient (Wildman–Crippen LogP) is 1.80. The number of carbonyl (C=O) groups is 1.